The predicted molar refractivity (Wildman–Crippen MR) is 123 cm³/mol. The lowest BCUT2D eigenvalue weighted by Crippen LogP contribution is -2.33. The summed E-state index contributed by atoms with van der Waals surface area (Å²) < 4.78 is 11.6. The molecule has 8 heteroatoms. The van der Waals surface area contributed by atoms with Crippen molar-refractivity contribution in [3.63, 3.8) is 0 Å². The fourth-order valence-corrected chi connectivity index (χ4v) is 4.34. The van der Waals surface area contributed by atoms with E-state index in [1.807, 2.05) is 0 Å². The van der Waals surface area contributed by atoms with E-state index in [-0.39, 0.29) is 23.8 Å². The molecule has 1 aliphatic heterocycles. The van der Waals surface area contributed by atoms with Crippen LogP contribution in [0.2, 0.25) is 0 Å². The number of ketones is 1. The van der Waals surface area contributed by atoms with Gasteiger partial charge in [0, 0.05) is 5.56 Å². The van der Waals surface area contributed by atoms with Crippen LogP contribution in [0, 0.1) is 15.9 Å². The van der Waals surface area contributed by atoms with Gasteiger partial charge in [0.15, 0.2) is 17.3 Å². The molecule has 0 aliphatic carbocycles. The van der Waals surface area contributed by atoms with E-state index in [1.54, 1.807) is 48.5 Å². The molecule has 1 heterocycles. The van der Waals surface area contributed by atoms with Crippen molar-refractivity contribution in [2.75, 3.05) is 20.3 Å². The van der Waals surface area contributed by atoms with Gasteiger partial charge in [-0.2, -0.15) is 0 Å². The van der Waals surface area contributed by atoms with E-state index in [4.69, 9.17) is 15.9 Å². The van der Waals surface area contributed by atoms with Gasteiger partial charge in [0.2, 0.25) is 0 Å². The van der Waals surface area contributed by atoms with Crippen molar-refractivity contribution in [2.24, 2.45) is 0 Å². The Balaban J connectivity index is 1.82. The van der Waals surface area contributed by atoms with Crippen LogP contribution in [0.4, 0.5) is 4.79 Å². The Morgan fingerprint density at radius 2 is 2.00 bits per heavy atom. The quantitative estimate of drug-likeness (QED) is 0.230. The Morgan fingerprint density at radius 1 is 1.27 bits per heavy atom. The van der Waals surface area contributed by atoms with Gasteiger partial charge in [0.1, 0.15) is 6.61 Å². The summed E-state index contributed by atoms with van der Waals surface area (Å²) in [6.07, 6.45) is 6.83. The van der Waals surface area contributed by atoms with Gasteiger partial charge in [-0.3, -0.25) is 19.3 Å². The molecule has 2 aromatic carbocycles. The normalized spacial score (nSPS) is 14.7. The summed E-state index contributed by atoms with van der Waals surface area (Å²) in [7, 11) is 1.50. The first-order chi connectivity index (χ1) is 14.4. The van der Waals surface area contributed by atoms with Gasteiger partial charge in [-0.15, -0.1) is 6.42 Å². The number of rotatable bonds is 7. The number of hydrogen-bond acceptors (Lipinski definition) is 6. The van der Waals surface area contributed by atoms with E-state index >= 15 is 0 Å². The first-order valence-corrected chi connectivity index (χ1v) is 10.6. The molecule has 152 valence electrons. The van der Waals surface area contributed by atoms with Crippen molar-refractivity contribution in [3.8, 4) is 23.8 Å². The molecule has 1 saturated heterocycles. The molecular formula is C22H16INO5S. The smallest absolute Gasteiger partial charge is 0.293 e. The van der Waals surface area contributed by atoms with Crippen LogP contribution in [-0.4, -0.2) is 42.1 Å². The summed E-state index contributed by atoms with van der Waals surface area (Å²) in [6.45, 7) is -0.203. The van der Waals surface area contributed by atoms with Crippen LogP contribution in [0.1, 0.15) is 15.9 Å². The Kier molecular flexibility index (Phi) is 7.18. The van der Waals surface area contributed by atoms with Crippen LogP contribution in [-0.2, 0) is 4.79 Å². The third kappa shape index (κ3) is 4.86. The number of halogens is 1. The molecule has 0 unspecified atom stereocenters. The Labute approximate surface area is 191 Å². The van der Waals surface area contributed by atoms with Gasteiger partial charge in [-0.05, 0) is 58.1 Å². The lowest BCUT2D eigenvalue weighted by atomic mass is 10.1. The first-order valence-electron chi connectivity index (χ1n) is 8.72. The molecule has 0 radical (unpaired) electrons. The second kappa shape index (κ2) is 9.82. The van der Waals surface area contributed by atoms with Crippen LogP contribution in [0.3, 0.4) is 0 Å². The molecular weight excluding hydrogens is 517 g/mol. The number of ether oxygens (including phenoxy) is 2. The van der Waals surface area contributed by atoms with Gasteiger partial charge >= 0.3 is 0 Å². The maximum Gasteiger partial charge on any atom is 0.293 e. The Hall–Kier alpha value is -2.77. The van der Waals surface area contributed by atoms with Crippen molar-refractivity contribution >= 4 is 57.4 Å². The average Bonchev–Trinajstić information content (AvgIpc) is 3.00. The molecule has 2 aromatic rings. The highest BCUT2D eigenvalue weighted by Gasteiger charge is 2.36. The Morgan fingerprint density at radius 3 is 2.67 bits per heavy atom. The highest BCUT2D eigenvalue weighted by molar-refractivity contribution is 14.1. The number of Topliss-reactive ketones (excluding diaryl/α,β-unsaturated/α-hetero) is 1. The summed E-state index contributed by atoms with van der Waals surface area (Å²) in [5.41, 5.74) is 1.10. The van der Waals surface area contributed by atoms with Crippen molar-refractivity contribution in [3.05, 3.63) is 62.1 Å². The zero-order valence-corrected chi connectivity index (χ0v) is 18.9. The summed E-state index contributed by atoms with van der Waals surface area (Å²) in [5.74, 6) is 2.56. The molecule has 3 rings (SSSR count). The minimum Gasteiger partial charge on any atom is -0.493 e. The number of carbonyl (C=O) groups is 3. The van der Waals surface area contributed by atoms with Crippen LogP contribution in [0.15, 0.2) is 47.4 Å². The molecule has 0 atom stereocenters. The van der Waals surface area contributed by atoms with Crippen molar-refractivity contribution in [1.82, 2.24) is 4.90 Å². The molecule has 0 bridgehead atoms. The van der Waals surface area contributed by atoms with Crippen LogP contribution in [0.5, 0.6) is 11.5 Å². The molecule has 6 nitrogen and oxygen atoms in total. The van der Waals surface area contributed by atoms with Gasteiger partial charge < -0.3 is 9.47 Å². The lowest BCUT2D eigenvalue weighted by molar-refractivity contribution is -0.122. The standard InChI is InChI=1S/C22H16INO5S/c1-3-9-29-20-16(23)10-14(11-18(20)28-2)12-19-21(26)24(22(27)30-19)13-17(25)15-7-5-4-6-8-15/h1,4-8,10-12H,9,13H2,2H3/b19-12+. The number of imide groups is 1. The fourth-order valence-electron chi connectivity index (χ4n) is 2.72. The largest absolute Gasteiger partial charge is 0.493 e. The van der Waals surface area contributed by atoms with Crippen LogP contribution < -0.4 is 9.47 Å². The fraction of sp³-hybridized carbons (Fsp3) is 0.136. The highest BCUT2D eigenvalue weighted by Crippen LogP contribution is 2.37. The van der Waals surface area contributed by atoms with Crippen LogP contribution >= 0.6 is 34.4 Å². The van der Waals surface area contributed by atoms with Gasteiger partial charge in [0.25, 0.3) is 11.1 Å². The predicted octanol–water partition coefficient (Wildman–Crippen LogP) is 4.23. The lowest BCUT2D eigenvalue weighted by Gasteiger charge is -2.12. The van der Waals surface area contributed by atoms with E-state index in [0.29, 0.717) is 22.6 Å². The monoisotopic (exact) mass is 533 g/mol. The zero-order chi connectivity index (χ0) is 21.7. The second-order valence-corrected chi connectivity index (χ2v) is 8.24. The Bertz CT molecular complexity index is 1070. The molecule has 30 heavy (non-hydrogen) atoms. The molecule has 0 N–H and O–H groups in total. The zero-order valence-electron chi connectivity index (χ0n) is 15.9. The number of carbonyl (C=O) groups excluding carboxylic acids is 3. The maximum atomic E-state index is 12.7. The maximum absolute atomic E-state index is 12.7. The summed E-state index contributed by atoms with van der Waals surface area (Å²) >= 11 is 2.88. The van der Waals surface area contributed by atoms with E-state index in [0.717, 1.165) is 20.2 Å². The second-order valence-electron chi connectivity index (χ2n) is 6.08. The van der Waals surface area contributed by atoms with E-state index in [2.05, 4.69) is 28.5 Å². The minimum absolute atomic E-state index is 0.0973. The van der Waals surface area contributed by atoms with Crippen molar-refractivity contribution in [2.45, 2.75) is 0 Å². The summed E-state index contributed by atoms with van der Waals surface area (Å²) in [6, 6.07) is 12.0. The molecule has 1 aliphatic rings. The number of thioether (sulfide) groups is 1. The van der Waals surface area contributed by atoms with E-state index in [9.17, 15) is 14.4 Å². The van der Waals surface area contributed by atoms with E-state index < -0.39 is 11.1 Å². The van der Waals surface area contributed by atoms with E-state index in [1.165, 1.54) is 7.11 Å². The third-order valence-electron chi connectivity index (χ3n) is 4.12. The number of terminal acetylenes is 1. The van der Waals surface area contributed by atoms with Gasteiger partial charge in [-0.1, -0.05) is 36.3 Å². The summed E-state index contributed by atoms with van der Waals surface area (Å²) in [4.78, 5) is 38.6. The third-order valence-corrected chi connectivity index (χ3v) is 5.83. The minimum atomic E-state index is -0.504. The van der Waals surface area contributed by atoms with Crippen LogP contribution in [0.25, 0.3) is 6.08 Å². The average molecular weight is 533 g/mol. The topological polar surface area (TPSA) is 72.9 Å². The number of hydrogen-bond donors (Lipinski definition) is 0. The highest BCUT2D eigenvalue weighted by atomic mass is 127. The molecule has 0 spiro atoms. The number of benzene rings is 2. The molecule has 2 amide bonds. The summed E-state index contributed by atoms with van der Waals surface area (Å²) in [5, 5.41) is -0.480. The first kappa shape index (κ1) is 21.9. The van der Waals surface area contributed by atoms with Gasteiger partial charge in [0.05, 0.1) is 22.1 Å². The molecule has 0 saturated carbocycles. The number of nitrogens with zero attached hydrogens (tertiary/aromatic N) is 1. The SMILES string of the molecule is C#CCOc1c(I)cc(/C=C2/SC(=O)N(CC(=O)c3ccccc3)C2=O)cc1OC. The molecule has 0 aromatic heterocycles. The van der Waals surface area contributed by atoms with Crippen molar-refractivity contribution in [1.29, 1.82) is 0 Å². The van der Waals surface area contributed by atoms with Crippen molar-refractivity contribution < 1.29 is 23.9 Å². The number of methoxy groups -OCH3 is 1. The number of amides is 2. The van der Waals surface area contributed by atoms with Gasteiger partial charge in [-0.25, -0.2) is 0 Å². The molecule has 1 fully saturated rings.